The van der Waals surface area contributed by atoms with Crippen LogP contribution in [0, 0.1) is 0 Å². The summed E-state index contributed by atoms with van der Waals surface area (Å²) >= 11 is 0. The van der Waals surface area contributed by atoms with Gasteiger partial charge < -0.3 is 15.9 Å². The summed E-state index contributed by atoms with van der Waals surface area (Å²) in [5.74, 6) is -2.52. The number of carboxylic acid groups (broad SMARTS) is 1. The Kier molecular flexibility index (Phi) is 4.40. The third kappa shape index (κ3) is 2.90. The van der Waals surface area contributed by atoms with Crippen molar-refractivity contribution < 1.29 is 46.8 Å². The topological polar surface area (TPSA) is 141 Å². The molecule has 0 aliphatic heterocycles. The molecular weight excluding hydrogens is 233 g/mol. The van der Waals surface area contributed by atoms with Crippen LogP contribution in [0.3, 0.4) is 0 Å². The summed E-state index contributed by atoms with van der Waals surface area (Å²) in [6.07, 6.45) is 0. The van der Waals surface area contributed by atoms with E-state index in [0.29, 0.717) is 12.1 Å². The van der Waals surface area contributed by atoms with Crippen LogP contribution < -0.4 is 29.7 Å². The fourth-order valence-corrected chi connectivity index (χ4v) is 1.59. The van der Waals surface area contributed by atoms with Crippen LogP contribution in [0.1, 0.15) is 10.4 Å². The van der Waals surface area contributed by atoms with Crippen LogP contribution in [0.15, 0.2) is 17.0 Å². The van der Waals surface area contributed by atoms with Crippen LogP contribution in [0.5, 0.6) is 5.75 Å². The second-order valence-electron chi connectivity index (χ2n) is 2.67. The van der Waals surface area contributed by atoms with E-state index < -0.39 is 38.0 Å². The summed E-state index contributed by atoms with van der Waals surface area (Å²) in [6.45, 7) is 0. The van der Waals surface area contributed by atoms with E-state index in [1.54, 1.807) is 0 Å². The molecule has 0 heterocycles. The molecule has 16 heavy (non-hydrogen) atoms. The van der Waals surface area contributed by atoms with E-state index in [0.717, 1.165) is 0 Å². The van der Waals surface area contributed by atoms with Crippen molar-refractivity contribution in [3.05, 3.63) is 17.7 Å². The molecule has 4 N–H and O–H groups in total. The van der Waals surface area contributed by atoms with E-state index in [9.17, 15) is 18.3 Å². The maximum absolute atomic E-state index is 11.0. The Hall–Kier alpha value is -1.20. The van der Waals surface area contributed by atoms with Crippen LogP contribution in [-0.2, 0) is 10.1 Å². The van der Waals surface area contributed by atoms with E-state index in [4.69, 9.17) is 15.4 Å². The van der Waals surface area contributed by atoms with Crippen LogP contribution in [0.2, 0.25) is 0 Å². The standard InChI is InChI=1S/C7H7NO6S.Li/c8-4-2-5(9)3(7(10)11)1-6(4)15(12,13)14;/h1-2,9H,8H2,(H,10,11)(H,12,13,14);/q;+1/p-1. The largest absolute Gasteiger partial charge is 1.00 e. The molecule has 7 nitrogen and oxygen atoms in total. The number of hydrogen-bond donors (Lipinski definition) is 3. The number of rotatable bonds is 2. The van der Waals surface area contributed by atoms with Gasteiger partial charge in [-0.1, -0.05) is 5.75 Å². The van der Waals surface area contributed by atoms with Gasteiger partial charge in [0, 0.05) is 0 Å². The van der Waals surface area contributed by atoms with Gasteiger partial charge in [-0.15, -0.1) is 0 Å². The van der Waals surface area contributed by atoms with Crippen LogP contribution in [-0.4, -0.2) is 24.0 Å². The second-order valence-corrected chi connectivity index (χ2v) is 4.06. The zero-order valence-corrected chi connectivity index (χ0v) is 8.98. The van der Waals surface area contributed by atoms with Crippen molar-refractivity contribution >= 4 is 21.8 Å². The molecule has 0 bridgehead atoms. The molecule has 0 saturated carbocycles. The van der Waals surface area contributed by atoms with Crippen LogP contribution in [0.4, 0.5) is 5.69 Å². The first-order valence-electron chi connectivity index (χ1n) is 3.55. The van der Waals surface area contributed by atoms with E-state index >= 15 is 0 Å². The van der Waals surface area contributed by atoms with Gasteiger partial charge in [0.05, 0.1) is 11.3 Å². The van der Waals surface area contributed by atoms with E-state index in [2.05, 4.69) is 0 Å². The molecule has 1 rings (SSSR count). The summed E-state index contributed by atoms with van der Waals surface area (Å²) in [4.78, 5) is 9.70. The number of carbonyl (C=O) groups is 1. The minimum Gasteiger partial charge on any atom is -0.872 e. The maximum atomic E-state index is 11.0. The Morgan fingerprint density at radius 3 is 2.25 bits per heavy atom. The minimum absolute atomic E-state index is 0. The predicted molar refractivity (Wildman–Crippen MR) is 47.1 cm³/mol. The molecule has 0 atom stereocenters. The van der Waals surface area contributed by atoms with Crippen molar-refractivity contribution in [1.29, 1.82) is 0 Å². The summed E-state index contributed by atoms with van der Waals surface area (Å²) in [6, 6.07) is 1.15. The molecule has 0 amide bonds. The fourth-order valence-electron chi connectivity index (χ4n) is 0.966. The van der Waals surface area contributed by atoms with Crippen LogP contribution >= 0.6 is 0 Å². The Labute approximate surface area is 103 Å². The van der Waals surface area contributed by atoms with E-state index in [1.807, 2.05) is 0 Å². The van der Waals surface area contributed by atoms with Gasteiger partial charge in [0.15, 0.2) is 0 Å². The Bertz CT molecular complexity index is 526. The summed E-state index contributed by atoms with van der Waals surface area (Å²) in [7, 11) is -4.63. The first-order valence-corrected chi connectivity index (χ1v) is 4.99. The van der Waals surface area contributed by atoms with Gasteiger partial charge in [0.1, 0.15) is 4.90 Å². The normalized spacial score (nSPS) is 10.6. The predicted octanol–water partition coefficient (Wildman–Crippen LogP) is -3.71. The zero-order chi connectivity index (χ0) is 11.8. The molecule has 0 unspecified atom stereocenters. The van der Waals surface area contributed by atoms with Crippen molar-refractivity contribution in [2.45, 2.75) is 4.90 Å². The Morgan fingerprint density at radius 2 is 1.88 bits per heavy atom. The second kappa shape index (κ2) is 4.76. The monoisotopic (exact) mass is 239 g/mol. The third-order valence-corrected chi connectivity index (χ3v) is 2.53. The zero-order valence-electron chi connectivity index (χ0n) is 8.17. The van der Waals surface area contributed by atoms with Crippen molar-refractivity contribution in [2.75, 3.05) is 5.73 Å². The van der Waals surface area contributed by atoms with Crippen molar-refractivity contribution in [1.82, 2.24) is 0 Å². The molecule has 0 fully saturated rings. The first-order chi connectivity index (χ1) is 6.73. The molecule has 0 spiro atoms. The number of carboxylic acids is 1. The minimum atomic E-state index is -4.63. The van der Waals surface area contributed by atoms with Gasteiger partial charge in [-0.25, -0.2) is 4.79 Å². The molecular formula is C7H6LiNO6S. The number of hydrogen-bond acceptors (Lipinski definition) is 5. The average molecular weight is 239 g/mol. The fraction of sp³-hybridized carbons (Fsp3) is 0. The van der Waals surface area contributed by atoms with Crippen molar-refractivity contribution in [2.24, 2.45) is 0 Å². The summed E-state index contributed by atoms with van der Waals surface area (Å²) < 4.78 is 30.1. The molecule has 82 valence electrons. The summed E-state index contributed by atoms with van der Waals surface area (Å²) in [5, 5.41) is 19.6. The quantitative estimate of drug-likeness (QED) is 0.274. The van der Waals surface area contributed by atoms with E-state index in [1.165, 1.54) is 0 Å². The first kappa shape index (κ1) is 14.8. The van der Waals surface area contributed by atoms with Crippen molar-refractivity contribution in [3.63, 3.8) is 0 Å². The van der Waals surface area contributed by atoms with Crippen LogP contribution in [0.25, 0.3) is 0 Å². The maximum Gasteiger partial charge on any atom is 1.00 e. The van der Waals surface area contributed by atoms with Crippen molar-refractivity contribution in [3.8, 4) is 5.75 Å². The smallest absolute Gasteiger partial charge is 0.872 e. The van der Waals surface area contributed by atoms with E-state index in [-0.39, 0.29) is 18.9 Å². The number of benzene rings is 1. The van der Waals surface area contributed by atoms with Gasteiger partial charge in [-0.2, -0.15) is 8.42 Å². The Balaban J connectivity index is 0.00000225. The summed E-state index contributed by atoms with van der Waals surface area (Å²) in [5.41, 5.74) is 3.88. The number of nitrogens with two attached hydrogens (primary N) is 1. The third-order valence-electron chi connectivity index (χ3n) is 1.62. The molecule has 0 aromatic heterocycles. The van der Waals surface area contributed by atoms with Gasteiger partial charge >= 0.3 is 24.8 Å². The number of anilines is 1. The molecule has 1 aromatic carbocycles. The van der Waals surface area contributed by atoms with Gasteiger partial charge in [0.2, 0.25) is 0 Å². The van der Waals surface area contributed by atoms with Gasteiger partial charge in [-0.3, -0.25) is 4.55 Å². The van der Waals surface area contributed by atoms with Gasteiger partial charge in [-0.05, 0) is 12.1 Å². The number of aromatic carboxylic acids is 1. The molecule has 9 heteroatoms. The number of nitrogen functional groups attached to an aromatic ring is 1. The molecule has 0 radical (unpaired) electrons. The molecule has 1 aromatic rings. The van der Waals surface area contributed by atoms with Gasteiger partial charge in [0.25, 0.3) is 10.1 Å². The average Bonchev–Trinajstić information content (AvgIpc) is 2.00. The molecule has 0 aliphatic rings. The molecule has 0 aliphatic carbocycles. The Morgan fingerprint density at radius 1 is 1.38 bits per heavy atom. The SMILES string of the molecule is Nc1cc([O-])c(C(=O)O)cc1S(=O)(=O)O.[Li+]. The molecule has 0 saturated heterocycles.